The molecule has 0 saturated heterocycles. The summed E-state index contributed by atoms with van der Waals surface area (Å²) < 4.78 is 1.80. The van der Waals surface area contributed by atoms with Crippen molar-refractivity contribution in [1.82, 2.24) is 5.43 Å². The number of nitro benzene ring substituents is 1. The van der Waals surface area contributed by atoms with Crippen LogP contribution in [0.5, 0.6) is 0 Å². The van der Waals surface area contributed by atoms with Crippen LogP contribution in [0.2, 0.25) is 0 Å². The van der Waals surface area contributed by atoms with Crippen molar-refractivity contribution in [2.75, 3.05) is 0 Å². The molecule has 0 spiro atoms. The van der Waals surface area contributed by atoms with E-state index >= 15 is 0 Å². The number of hydrogen-bond acceptors (Lipinski definition) is 4. The van der Waals surface area contributed by atoms with Gasteiger partial charge in [0.15, 0.2) is 0 Å². The zero-order chi connectivity index (χ0) is 17.0. The second-order valence-corrected chi connectivity index (χ2v) is 6.29. The smallest absolute Gasteiger partial charge is 0.267 e. The predicted molar refractivity (Wildman–Crippen MR) is 94.7 cm³/mol. The normalized spacial score (nSPS) is 10.7. The number of rotatable bonds is 4. The van der Waals surface area contributed by atoms with E-state index in [1.807, 2.05) is 19.1 Å². The molecule has 0 aromatic heterocycles. The fourth-order valence-corrected chi connectivity index (χ4v) is 3.01. The summed E-state index contributed by atoms with van der Waals surface area (Å²) in [7, 11) is 0. The number of nitrogens with zero attached hydrogens (tertiary/aromatic N) is 2. The minimum absolute atomic E-state index is 0.0408. The predicted octanol–water partition coefficient (Wildman–Crippen LogP) is 4.19. The third-order valence-corrected chi connectivity index (χ3v) is 4.68. The van der Waals surface area contributed by atoms with E-state index in [4.69, 9.17) is 0 Å². The maximum atomic E-state index is 12.0. The highest BCUT2D eigenvalue weighted by Gasteiger charge is 2.18. The summed E-state index contributed by atoms with van der Waals surface area (Å²) in [4.78, 5) is 22.3. The van der Waals surface area contributed by atoms with Crippen LogP contribution in [0.3, 0.4) is 0 Å². The summed E-state index contributed by atoms with van der Waals surface area (Å²) in [5.41, 5.74) is 3.80. The van der Waals surface area contributed by atoms with E-state index in [0.29, 0.717) is 0 Å². The molecule has 1 amide bonds. The third-order valence-electron chi connectivity index (χ3n) is 3.03. The summed E-state index contributed by atoms with van der Waals surface area (Å²) in [6, 6.07) is 9.40. The lowest BCUT2D eigenvalue weighted by molar-refractivity contribution is -0.385. The van der Waals surface area contributed by atoms with Gasteiger partial charge in [-0.3, -0.25) is 14.9 Å². The molecule has 0 atom stereocenters. The molecule has 8 heteroatoms. The van der Waals surface area contributed by atoms with Gasteiger partial charge in [-0.05, 0) is 36.2 Å². The van der Waals surface area contributed by atoms with Crippen LogP contribution in [0.25, 0.3) is 0 Å². The molecule has 0 aliphatic heterocycles. The number of carbonyl (C=O) groups excluding carboxylic acids is 1. The van der Waals surface area contributed by atoms with E-state index in [9.17, 15) is 14.9 Å². The zero-order valence-electron chi connectivity index (χ0n) is 11.9. The first-order chi connectivity index (χ1) is 10.9. The molecule has 2 aromatic rings. The summed E-state index contributed by atoms with van der Waals surface area (Å²) in [6.07, 6.45) is 1.46. The number of carbonyl (C=O) groups is 1. The van der Waals surface area contributed by atoms with E-state index in [2.05, 4.69) is 42.4 Å². The molecule has 0 unspecified atom stereocenters. The number of hydrogen-bond donors (Lipinski definition) is 1. The topological polar surface area (TPSA) is 84.6 Å². The molecule has 0 aliphatic rings. The monoisotopic (exact) mass is 439 g/mol. The molecule has 6 nitrogen and oxygen atoms in total. The Labute approximate surface area is 149 Å². The van der Waals surface area contributed by atoms with Crippen molar-refractivity contribution < 1.29 is 9.72 Å². The lowest BCUT2D eigenvalue weighted by Crippen LogP contribution is -2.18. The lowest BCUT2D eigenvalue weighted by atomic mass is 10.2. The standard InChI is InChI=1S/C15H11Br2N3O3/c1-9-12(16)6-10(7-13(9)17)8-18-19-15(21)11-4-2-3-5-14(11)20(22)23/h2-8H,1H3,(H,19,21)/b18-8-. The second kappa shape index (κ2) is 7.47. The highest BCUT2D eigenvalue weighted by Crippen LogP contribution is 2.25. The summed E-state index contributed by atoms with van der Waals surface area (Å²) in [5, 5.41) is 14.7. The van der Waals surface area contributed by atoms with Gasteiger partial charge in [0.1, 0.15) is 5.56 Å². The highest BCUT2D eigenvalue weighted by atomic mass is 79.9. The number of nitro groups is 1. The van der Waals surface area contributed by atoms with Crippen molar-refractivity contribution in [3.8, 4) is 0 Å². The molecule has 0 radical (unpaired) electrons. The van der Waals surface area contributed by atoms with Crippen molar-refractivity contribution in [3.63, 3.8) is 0 Å². The molecule has 1 N–H and O–H groups in total. The second-order valence-electron chi connectivity index (χ2n) is 4.58. The summed E-state index contributed by atoms with van der Waals surface area (Å²) >= 11 is 6.85. The summed E-state index contributed by atoms with van der Waals surface area (Å²) in [6.45, 7) is 1.95. The Hall–Kier alpha value is -2.06. The Morgan fingerprint density at radius 1 is 1.26 bits per heavy atom. The molecule has 0 heterocycles. The third kappa shape index (κ3) is 4.23. The molecule has 0 saturated carbocycles. The molecular formula is C15H11Br2N3O3. The van der Waals surface area contributed by atoms with E-state index in [1.165, 1.54) is 24.4 Å². The number of halogens is 2. The maximum Gasteiger partial charge on any atom is 0.282 e. The van der Waals surface area contributed by atoms with Gasteiger partial charge in [0.05, 0.1) is 11.1 Å². The first kappa shape index (κ1) is 17.3. The Kier molecular flexibility index (Phi) is 5.62. The van der Waals surface area contributed by atoms with E-state index in [-0.39, 0.29) is 11.3 Å². The average molecular weight is 441 g/mol. The van der Waals surface area contributed by atoms with Crippen molar-refractivity contribution in [2.24, 2.45) is 5.10 Å². The van der Waals surface area contributed by atoms with Gasteiger partial charge < -0.3 is 0 Å². The van der Waals surface area contributed by atoms with Gasteiger partial charge in [-0.1, -0.05) is 44.0 Å². The van der Waals surface area contributed by atoms with Crippen molar-refractivity contribution in [2.45, 2.75) is 6.92 Å². The van der Waals surface area contributed by atoms with Crippen LogP contribution in [0.15, 0.2) is 50.4 Å². The van der Waals surface area contributed by atoms with Crippen LogP contribution in [-0.2, 0) is 0 Å². The summed E-state index contributed by atoms with van der Waals surface area (Å²) in [5.74, 6) is -0.640. The lowest BCUT2D eigenvalue weighted by Gasteiger charge is -2.04. The van der Waals surface area contributed by atoms with Gasteiger partial charge in [-0.2, -0.15) is 5.10 Å². The highest BCUT2D eigenvalue weighted by molar-refractivity contribution is 9.11. The number of benzene rings is 2. The zero-order valence-corrected chi connectivity index (χ0v) is 15.1. The number of para-hydroxylation sites is 1. The van der Waals surface area contributed by atoms with E-state index < -0.39 is 10.8 Å². The quantitative estimate of drug-likeness (QED) is 0.439. The molecule has 2 rings (SSSR count). The van der Waals surface area contributed by atoms with Crippen LogP contribution in [0.4, 0.5) is 5.69 Å². The van der Waals surface area contributed by atoms with Crippen LogP contribution < -0.4 is 5.43 Å². The van der Waals surface area contributed by atoms with E-state index in [0.717, 1.165) is 20.1 Å². The van der Waals surface area contributed by atoms with Crippen LogP contribution in [0, 0.1) is 17.0 Å². The molecule has 0 aliphatic carbocycles. The van der Waals surface area contributed by atoms with Crippen LogP contribution in [-0.4, -0.2) is 17.0 Å². The van der Waals surface area contributed by atoms with Gasteiger partial charge in [-0.15, -0.1) is 0 Å². The molecular weight excluding hydrogens is 430 g/mol. The van der Waals surface area contributed by atoms with Crippen LogP contribution in [0.1, 0.15) is 21.5 Å². The molecule has 2 aromatic carbocycles. The Morgan fingerprint density at radius 2 is 1.87 bits per heavy atom. The van der Waals surface area contributed by atoms with Gasteiger partial charge in [-0.25, -0.2) is 5.43 Å². The first-order valence-electron chi connectivity index (χ1n) is 6.42. The fourth-order valence-electron chi connectivity index (χ4n) is 1.79. The maximum absolute atomic E-state index is 12.0. The molecule has 0 fully saturated rings. The number of nitrogens with one attached hydrogen (secondary N) is 1. The molecule has 118 valence electrons. The van der Waals surface area contributed by atoms with Gasteiger partial charge in [0.2, 0.25) is 0 Å². The fraction of sp³-hybridized carbons (Fsp3) is 0.0667. The first-order valence-corrected chi connectivity index (χ1v) is 8.01. The van der Waals surface area contributed by atoms with Gasteiger partial charge in [0.25, 0.3) is 11.6 Å². The largest absolute Gasteiger partial charge is 0.282 e. The number of hydrazone groups is 1. The van der Waals surface area contributed by atoms with Crippen molar-refractivity contribution in [3.05, 3.63) is 72.1 Å². The van der Waals surface area contributed by atoms with E-state index in [1.54, 1.807) is 6.07 Å². The van der Waals surface area contributed by atoms with Gasteiger partial charge >= 0.3 is 0 Å². The molecule has 0 bridgehead atoms. The average Bonchev–Trinajstić information content (AvgIpc) is 2.52. The van der Waals surface area contributed by atoms with Crippen molar-refractivity contribution >= 4 is 49.7 Å². The minimum atomic E-state index is -0.640. The number of amides is 1. The van der Waals surface area contributed by atoms with Crippen molar-refractivity contribution in [1.29, 1.82) is 0 Å². The van der Waals surface area contributed by atoms with Crippen LogP contribution >= 0.6 is 31.9 Å². The Morgan fingerprint density at radius 3 is 2.48 bits per heavy atom. The minimum Gasteiger partial charge on any atom is -0.267 e. The SMILES string of the molecule is Cc1c(Br)cc(/C=N\NC(=O)c2ccccc2[N+](=O)[O-])cc1Br. The Bertz CT molecular complexity index is 783. The van der Waals surface area contributed by atoms with Gasteiger partial charge in [0, 0.05) is 15.0 Å². The molecule has 23 heavy (non-hydrogen) atoms. The Balaban J connectivity index is 2.15.